The zero-order chi connectivity index (χ0) is 23.5. The molecule has 34 heavy (non-hydrogen) atoms. The molecule has 0 radical (unpaired) electrons. The summed E-state index contributed by atoms with van der Waals surface area (Å²) in [5.41, 5.74) is 11.6. The maximum absolute atomic E-state index is 8.87. The second-order valence-corrected chi connectivity index (χ2v) is 8.14. The number of benzene rings is 2. The van der Waals surface area contributed by atoms with Crippen molar-refractivity contribution in [3.63, 3.8) is 0 Å². The largest absolute Gasteiger partial charge is 0.398 e. The SMILES string of the molecule is CCCCc1nc2nccc(N)c2c(=N)n1Cc1ccc(-c2ccccc2-c2nn[nH]n2)cc1. The molecule has 0 saturated carbocycles. The predicted molar refractivity (Wildman–Crippen MR) is 131 cm³/mol. The molecule has 0 saturated heterocycles. The summed E-state index contributed by atoms with van der Waals surface area (Å²) in [6.45, 7) is 2.68. The van der Waals surface area contributed by atoms with E-state index in [2.05, 4.69) is 56.8 Å². The number of anilines is 1. The molecule has 3 heterocycles. The number of hydrogen-bond acceptors (Lipinski definition) is 7. The van der Waals surface area contributed by atoms with Gasteiger partial charge in [0, 0.05) is 23.9 Å². The first-order valence-electron chi connectivity index (χ1n) is 11.3. The smallest absolute Gasteiger partial charge is 0.205 e. The van der Waals surface area contributed by atoms with E-state index in [0.717, 1.165) is 47.3 Å². The lowest BCUT2D eigenvalue weighted by atomic mass is 9.98. The van der Waals surface area contributed by atoms with Crippen LogP contribution in [0.2, 0.25) is 0 Å². The first-order chi connectivity index (χ1) is 16.7. The van der Waals surface area contributed by atoms with Gasteiger partial charge in [-0.1, -0.05) is 61.9 Å². The third-order valence-electron chi connectivity index (χ3n) is 5.89. The van der Waals surface area contributed by atoms with Crippen LogP contribution in [-0.4, -0.2) is 35.2 Å². The minimum Gasteiger partial charge on any atom is -0.398 e. The van der Waals surface area contributed by atoms with E-state index < -0.39 is 0 Å². The number of aromatic nitrogens is 7. The second-order valence-electron chi connectivity index (χ2n) is 8.14. The van der Waals surface area contributed by atoms with Gasteiger partial charge in [0.05, 0.1) is 11.9 Å². The molecule has 0 atom stereocenters. The fraction of sp³-hybridized carbons (Fsp3) is 0.200. The van der Waals surface area contributed by atoms with Crippen LogP contribution in [0.1, 0.15) is 31.2 Å². The third-order valence-corrected chi connectivity index (χ3v) is 5.89. The van der Waals surface area contributed by atoms with Crippen LogP contribution >= 0.6 is 0 Å². The van der Waals surface area contributed by atoms with Crippen LogP contribution in [0.25, 0.3) is 33.5 Å². The molecule has 0 bridgehead atoms. The Kier molecular flexibility index (Phi) is 5.82. The first kappa shape index (κ1) is 21.4. The second kappa shape index (κ2) is 9.22. The maximum Gasteiger partial charge on any atom is 0.205 e. The highest BCUT2D eigenvalue weighted by Crippen LogP contribution is 2.29. The summed E-state index contributed by atoms with van der Waals surface area (Å²) in [6.07, 6.45) is 4.46. The normalized spacial score (nSPS) is 11.2. The number of fused-ring (bicyclic) bond motifs is 1. The molecule has 3 aromatic heterocycles. The Labute approximate surface area is 196 Å². The minimum atomic E-state index is 0.341. The van der Waals surface area contributed by atoms with Gasteiger partial charge in [-0.15, -0.1) is 10.2 Å². The lowest BCUT2D eigenvalue weighted by molar-refractivity contribution is 0.632. The van der Waals surface area contributed by atoms with Gasteiger partial charge in [0.2, 0.25) is 5.82 Å². The Morgan fingerprint density at radius 2 is 1.82 bits per heavy atom. The summed E-state index contributed by atoms with van der Waals surface area (Å²) in [4.78, 5) is 9.12. The molecule has 0 fully saturated rings. The molecule has 9 heteroatoms. The van der Waals surface area contributed by atoms with Crippen molar-refractivity contribution in [1.29, 1.82) is 5.41 Å². The number of nitrogens with one attached hydrogen (secondary N) is 2. The van der Waals surface area contributed by atoms with E-state index in [1.54, 1.807) is 12.3 Å². The number of hydrogen-bond donors (Lipinski definition) is 3. The summed E-state index contributed by atoms with van der Waals surface area (Å²) < 4.78 is 1.94. The number of nitrogen functional groups attached to an aromatic ring is 1. The van der Waals surface area contributed by atoms with Crippen LogP contribution in [0, 0.1) is 5.41 Å². The molecule has 9 nitrogen and oxygen atoms in total. The summed E-state index contributed by atoms with van der Waals surface area (Å²) in [5.74, 6) is 1.41. The molecule has 5 rings (SSSR count). The summed E-state index contributed by atoms with van der Waals surface area (Å²) >= 11 is 0. The molecule has 0 aliphatic heterocycles. The topological polar surface area (TPSA) is 135 Å². The van der Waals surface area contributed by atoms with Gasteiger partial charge in [0.25, 0.3) is 0 Å². The highest BCUT2D eigenvalue weighted by Gasteiger charge is 2.14. The number of H-pyrrole nitrogens is 1. The number of aryl methyl sites for hydroxylation is 1. The van der Waals surface area contributed by atoms with Crippen molar-refractivity contribution in [1.82, 2.24) is 35.2 Å². The minimum absolute atomic E-state index is 0.341. The van der Waals surface area contributed by atoms with Gasteiger partial charge in [0.1, 0.15) is 11.3 Å². The number of aromatic amines is 1. The van der Waals surface area contributed by atoms with Gasteiger partial charge >= 0.3 is 0 Å². The Bertz CT molecular complexity index is 1490. The standard InChI is InChI=1S/C25H25N9/c1-2-3-8-21-29-25-22(20(26)13-14-28-25)23(27)34(21)15-16-9-11-17(12-10-16)18-6-4-5-7-19(18)24-30-32-33-31-24/h4-7,9-14,27H,2-3,8,15H2,1H3,(H2,26,28)(H,30,31,32,33). The lowest BCUT2D eigenvalue weighted by Crippen LogP contribution is -2.27. The van der Waals surface area contributed by atoms with Crippen molar-refractivity contribution in [3.8, 4) is 22.5 Å². The van der Waals surface area contributed by atoms with Crippen LogP contribution in [0.3, 0.4) is 0 Å². The number of nitrogens with zero attached hydrogens (tertiary/aromatic N) is 6. The average molecular weight is 452 g/mol. The Morgan fingerprint density at radius 1 is 1.03 bits per heavy atom. The van der Waals surface area contributed by atoms with E-state index in [-0.39, 0.29) is 0 Å². The fourth-order valence-corrected chi connectivity index (χ4v) is 4.11. The number of unbranched alkanes of at least 4 members (excludes halogenated alkanes) is 1. The van der Waals surface area contributed by atoms with Gasteiger partial charge < -0.3 is 10.3 Å². The Morgan fingerprint density at radius 3 is 2.56 bits per heavy atom. The van der Waals surface area contributed by atoms with Crippen molar-refractivity contribution < 1.29 is 0 Å². The first-order valence-corrected chi connectivity index (χ1v) is 11.3. The summed E-state index contributed by atoms with van der Waals surface area (Å²) in [5, 5.41) is 23.9. The number of rotatable bonds is 7. The molecular formula is C25H25N9. The summed E-state index contributed by atoms with van der Waals surface area (Å²) in [6, 6.07) is 18.0. The zero-order valence-electron chi connectivity index (χ0n) is 18.9. The van der Waals surface area contributed by atoms with E-state index >= 15 is 0 Å². The van der Waals surface area contributed by atoms with E-state index in [9.17, 15) is 0 Å². The number of tetrazole rings is 1. The van der Waals surface area contributed by atoms with Gasteiger partial charge in [0.15, 0.2) is 5.65 Å². The molecule has 2 aromatic carbocycles. The molecular weight excluding hydrogens is 426 g/mol. The quantitative estimate of drug-likeness (QED) is 0.345. The molecule has 4 N–H and O–H groups in total. The van der Waals surface area contributed by atoms with Crippen molar-refractivity contribution in [2.24, 2.45) is 0 Å². The molecule has 0 aliphatic rings. The van der Waals surface area contributed by atoms with Crippen LogP contribution in [0.4, 0.5) is 5.69 Å². The van der Waals surface area contributed by atoms with Gasteiger partial charge in [-0.3, -0.25) is 5.41 Å². The Balaban J connectivity index is 1.52. The summed E-state index contributed by atoms with van der Waals surface area (Å²) in [7, 11) is 0. The lowest BCUT2D eigenvalue weighted by Gasteiger charge is -2.16. The van der Waals surface area contributed by atoms with E-state index in [1.165, 1.54) is 0 Å². The van der Waals surface area contributed by atoms with E-state index in [1.807, 2.05) is 28.8 Å². The van der Waals surface area contributed by atoms with Gasteiger partial charge in [-0.05, 0) is 34.4 Å². The molecule has 0 aliphatic carbocycles. The molecule has 170 valence electrons. The number of pyridine rings is 1. The van der Waals surface area contributed by atoms with Crippen molar-refractivity contribution in [2.75, 3.05) is 5.73 Å². The molecule has 0 unspecified atom stereocenters. The average Bonchev–Trinajstić information content (AvgIpc) is 3.40. The highest BCUT2D eigenvalue weighted by atomic mass is 15.5. The van der Waals surface area contributed by atoms with Crippen LogP contribution in [0.15, 0.2) is 60.8 Å². The number of nitrogens with two attached hydrogens (primary N) is 1. The van der Waals surface area contributed by atoms with Crippen LogP contribution < -0.4 is 11.2 Å². The predicted octanol–water partition coefficient (Wildman–Crippen LogP) is 3.73. The molecule has 0 amide bonds. The van der Waals surface area contributed by atoms with Crippen molar-refractivity contribution >= 4 is 16.7 Å². The van der Waals surface area contributed by atoms with E-state index in [4.69, 9.17) is 16.1 Å². The fourth-order valence-electron chi connectivity index (χ4n) is 4.11. The maximum atomic E-state index is 8.87. The molecule has 5 aromatic rings. The third kappa shape index (κ3) is 4.03. The van der Waals surface area contributed by atoms with Crippen LogP contribution in [0.5, 0.6) is 0 Å². The van der Waals surface area contributed by atoms with Crippen molar-refractivity contribution in [3.05, 3.63) is 77.7 Å². The monoisotopic (exact) mass is 451 g/mol. The molecule has 0 spiro atoms. The van der Waals surface area contributed by atoms with Gasteiger partial charge in [-0.2, -0.15) is 5.21 Å². The Hall–Kier alpha value is -4.40. The van der Waals surface area contributed by atoms with E-state index in [0.29, 0.717) is 34.6 Å². The highest BCUT2D eigenvalue weighted by molar-refractivity contribution is 5.86. The van der Waals surface area contributed by atoms with Crippen molar-refractivity contribution in [2.45, 2.75) is 32.7 Å². The van der Waals surface area contributed by atoms with Gasteiger partial charge in [-0.25, -0.2) is 9.97 Å². The zero-order valence-corrected chi connectivity index (χ0v) is 18.9. The van der Waals surface area contributed by atoms with Crippen LogP contribution in [-0.2, 0) is 13.0 Å².